The fourth-order valence-electron chi connectivity index (χ4n) is 4.21. The maximum absolute atomic E-state index is 9.99. The highest BCUT2D eigenvalue weighted by molar-refractivity contribution is 6.35. The second-order valence-corrected chi connectivity index (χ2v) is 8.12. The average Bonchev–Trinajstić information content (AvgIpc) is 3.20. The molecule has 1 atom stereocenters. The fraction of sp³-hybridized carbons (Fsp3) is 0.0833. The molecule has 0 spiro atoms. The minimum atomic E-state index is -0.650. The van der Waals surface area contributed by atoms with Crippen molar-refractivity contribution in [2.45, 2.75) is 5.92 Å². The lowest BCUT2D eigenvalue weighted by Crippen LogP contribution is -2.21. The second kappa shape index (κ2) is 7.79. The Morgan fingerprint density at radius 1 is 1.16 bits per heavy atom. The third-order valence-corrected chi connectivity index (χ3v) is 6.05. The molecule has 0 fully saturated rings. The van der Waals surface area contributed by atoms with Crippen molar-refractivity contribution < 1.29 is 9.47 Å². The molecule has 0 saturated heterocycles. The first-order chi connectivity index (χ1) is 15.5. The summed E-state index contributed by atoms with van der Waals surface area (Å²) in [5.74, 6) is 0.00820. The Morgan fingerprint density at radius 3 is 2.72 bits per heavy atom. The highest BCUT2D eigenvalue weighted by atomic mass is 35.5. The van der Waals surface area contributed by atoms with E-state index >= 15 is 0 Å². The van der Waals surface area contributed by atoms with Crippen LogP contribution in [0.1, 0.15) is 17.0 Å². The smallest absolute Gasteiger partial charge is 0.244 e. The van der Waals surface area contributed by atoms with Crippen molar-refractivity contribution in [1.29, 1.82) is 5.26 Å². The minimum Gasteiger partial charge on any atom is -0.495 e. The first-order valence-electron chi connectivity index (χ1n) is 9.70. The number of nitrogens with one attached hydrogen (secondary N) is 1. The number of ether oxygens (including phenoxy) is 2. The topological polar surface area (TPSA) is 96.9 Å². The number of rotatable bonds is 3. The van der Waals surface area contributed by atoms with Crippen LogP contribution < -0.4 is 15.2 Å². The van der Waals surface area contributed by atoms with E-state index in [1.807, 2.05) is 42.5 Å². The molecule has 32 heavy (non-hydrogen) atoms. The summed E-state index contributed by atoms with van der Waals surface area (Å²) >= 11 is 12.8. The van der Waals surface area contributed by atoms with Crippen LogP contribution in [0.3, 0.4) is 0 Å². The summed E-state index contributed by atoms with van der Waals surface area (Å²) in [6, 6.07) is 19.5. The molecule has 3 N–H and O–H groups in total. The second-order valence-electron chi connectivity index (χ2n) is 7.28. The molecule has 1 aliphatic rings. The lowest BCUT2D eigenvalue weighted by atomic mass is 9.82. The molecule has 6 nitrogen and oxygen atoms in total. The first-order valence-corrected chi connectivity index (χ1v) is 10.5. The van der Waals surface area contributed by atoms with Gasteiger partial charge in [0, 0.05) is 16.1 Å². The van der Waals surface area contributed by atoms with E-state index in [4.69, 9.17) is 38.4 Å². The Labute approximate surface area is 193 Å². The SMILES string of the molecule is COc1c(Cl)cc(Cl)cc1C1C(C#N)=C(N)Oc2n[nH]c(-c3cccc4ccccc34)c21. The Bertz CT molecular complexity index is 1450. The number of nitrogens with zero attached hydrogens (tertiary/aromatic N) is 2. The van der Waals surface area contributed by atoms with Crippen LogP contribution in [-0.4, -0.2) is 17.3 Å². The van der Waals surface area contributed by atoms with Gasteiger partial charge in [-0.25, -0.2) is 0 Å². The third-order valence-electron chi connectivity index (χ3n) is 5.55. The molecule has 0 amide bonds. The molecule has 5 rings (SSSR count). The molecule has 0 aliphatic carbocycles. The van der Waals surface area contributed by atoms with Gasteiger partial charge in [-0.3, -0.25) is 5.10 Å². The lowest BCUT2D eigenvalue weighted by Gasteiger charge is -2.26. The molecule has 4 aromatic rings. The van der Waals surface area contributed by atoms with E-state index < -0.39 is 5.92 Å². The molecule has 158 valence electrons. The summed E-state index contributed by atoms with van der Waals surface area (Å²) < 4.78 is 11.3. The van der Waals surface area contributed by atoms with Crippen LogP contribution in [-0.2, 0) is 0 Å². The van der Waals surface area contributed by atoms with Gasteiger partial charge >= 0.3 is 0 Å². The number of H-pyrrole nitrogens is 1. The van der Waals surface area contributed by atoms with Crippen LogP contribution in [0.2, 0.25) is 10.0 Å². The number of allylic oxidation sites excluding steroid dienone is 1. The molecular formula is C24H16Cl2N4O2. The zero-order valence-electron chi connectivity index (χ0n) is 16.8. The molecule has 1 aliphatic heterocycles. The molecule has 0 radical (unpaired) electrons. The maximum Gasteiger partial charge on any atom is 0.244 e. The predicted octanol–water partition coefficient (Wildman–Crippen LogP) is 5.76. The van der Waals surface area contributed by atoms with Crippen LogP contribution >= 0.6 is 23.2 Å². The van der Waals surface area contributed by atoms with Crippen molar-refractivity contribution in [3.63, 3.8) is 0 Å². The van der Waals surface area contributed by atoms with Gasteiger partial charge in [0.15, 0.2) is 0 Å². The monoisotopic (exact) mass is 462 g/mol. The number of hydrogen-bond acceptors (Lipinski definition) is 5. The number of benzene rings is 3. The Morgan fingerprint density at radius 2 is 1.94 bits per heavy atom. The van der Waals surface area contributed by atoms with Gasteiger partial charge in [-0.05, 0) is 22.9 Å². The van der Waals surface area contributed by atoms with Gasteiger partial charge in [0.25, 0.3) is 0 Å². The van der Waals surface area contributed by atoms with Gasteiger partial charge in [0.05, 0.1) is 29.3 Å². The third kappa shape index (κ3) is 3.06. The zero-order valence-corrected chi connectivity index (χ0v) is 18.3. The molecule has 8 heteroatoms. The summed E-state index contributed by atoms with van der Waals surface area (Å²) in [5.41, 5.74) is 9.20. The van der Waals surface area contributed by atoms with E-state index in [9.17, 15) is 5.26 Å². The molecule has 0 bridgehead atoms. The average molecular weight is 463 g/mol. The van der Waals surface area contributed by atoms with Gasteiger partial charge in [-0.15, -0.1) is 5.10 Å². The van der Waals surface area contributed by atoms with Crippen molar-refractivity contribution in [3.8, 4) is 29.0 Å². The van der Waals surface area contributed by atoms with E-state index in [1.165, 1.54) is 7.11 Å². The summed E-state index contributed by atoms with van der Waals surface area (Å²) in [6.07, 6.45) is 0. The number of nitriles is 1. The molecule has 1 unspecified atom stereocenters. The van der Waals surface area contributed by atoms with Gasteiger partial charge < -0.3 is 15.2 Å². The van der Waals surface area contributed by atoms with Crippen molar-refractivity contribution in [1.82, 2.24) is 10.2 Å². The van der Waals surface area contributed by atoms with E-state index in [2.05, 4.69) is 16.3 Å². The maximum atomic E-state index is 9.99. The summed E-state index contributed by atoms with van der Waals surface area (Å²) in [5, 5.41) is 20.3. The number of fused-ring (bicyclic) bond motifs is 2. The number of hydrogen-bond donors (Lipinski definition) is 2. The van der Waals surface area contributed by atoms with E-state index in [0.717, 1.165) is 16.3 Å². The Hall–Kier alpha value is -3.66. The highest BCUT2D eigenvalue weighted by Gasteiger charge is 2.38. The molecule has 0 saturated carbocycles. The van der Waals surface area contributed by atoms with Gasteiger partial charge in [-0.1, -0.05) is 65.7 Å². The van der Waals surface area contributed by atoms with Crippen molar-refractivity contribution in [3.05, 3.63) is 87.2 Å². The number of aromatic amines is 1. The molecular weight excluding hydrogens is 447 g/mol. The lowest BCUT2D eigenvalue weighted by molar-refractivity contribution is 0.375. The van der Waals surface area contributed by atoms with E-state index in [-0.39, 0.29) is 17.3 Å². The Balaban J connectivity index is 1.84. The molecule has 2 heterocycles. The molecule has 3 aromatic carbocycles. The van der Waals surface area contributed by atoms with Gasteiger partial charge in [-0.2, -0.15) is 5.26 Å². The van der Waals surface area contributed by atoms with E-state index in [1.54, 1.807) is 12.1 Å². The minimum absolute atomic E-state index is 0.0286. The number of aromatic nitrogens is 2. The predicted molar refractivity (Wildman–Crippen MR) is 124 cm³/mol. The summed E-state index contributed by atoms with van der Waals surface area (Å²) in [7, 11) is 1.51. The summed E-state index contributed by atoms with van der Waals surface area (Å²) in [4.78, 5) is 0. The van der Waals surface area contributed by atoms with E-state index in [0.29, 0.717) is 32.6 Å². The van der Waals surface area contributed by atoms with Crippen LogP contribution in [0.25, 0.3) is 22.0 Å². The van der Waals surface area contributed by atoms with Crippen LogP contribution in [0, 0.1) is 11.3 Å². The van der Waals surface area contributed by atoms with Gasteiger partial charge in [0.2, 0.25) is 11.8 Å². The van der Waals surface area contributed by atoms with Crippen molar-refractivity contribution in [2.75, 3.05) is 7.11 Å². The standard InChI is InChI=1S/C24H16Cl2N4O2/c1-31-22-16(9-13(25)10-18(22)26)19-17(11-27)23(28)32-24-20(19)21(29-30-24)15-8-4-6-12-5-2-3-7-14(12)15/h2-10,19H,28H2,1H3,(H,29,30). The molecule has 1 aromatic heterocycles. The number of methoxy groups -OCH3 is 1. The first kappa shape index (κ1) is 20.3. The van der Waals surface area contributed by atoms with Gasteiger partial charge in [0.1, 0.15) is 17.4 Å². The largest absolute Gasteiger partial charge is 0.495 e. The van der Waals surface area contributed by atoms with Crippen LogP contribution in [0.5, 0.6) is 11.6 Å². The van der Waals surface area contributed by atoms with Crippen molar-refractivity contribution in [2.24, 2.45) is 5.73 Å². The normalized spacial score (nSPS) is 15.2. The Kier molecular flexibility index (Phi) is 4.93. The van der Waals surface area contributed by atoms with Crippen LogP contribution in [0.4, 0.5) is 0 Å². The van der Waals surface area contributed by atoms with Crippen LogP contribution in [0.15, 0.2) is 66.1 Å². The summed E-state index contributed by atoms with van der Waals surface area (Å²) in [6.45, 7) is 0. The number of halogens is 2. The quantitative estimate of drug-likeness (QED) is 0.403. The zero-order chi connectivity index (χ0) is 22.4. The highest BCUT2D eigenvalue weighted by Crippen LogP contribution is 2.50. The van der Waals surface area contributed by atoms with Crippen molar-refractivity contribution >= 4 is 34.0 Å². The number of nitrogens with two attached hydrogens (primary N) is 1. The fourth-order valence-corrected chi connectivity index (χ4v) is 4.80.